The Bertz CT molecular complexity index is 742. The predicted molar refractivity (Wildman–Crippen MR) is 96.1 cm³/mol. The van der Waals surface area contributed by atoms with Gasteiger partial charge in [0.2, 0.25) is 0 Å². The van der Waals surface area contributed by atoms with Crippen molar-refractivity contribution in [3.8, 4) is 0 Å². The largest absolute Gasteiger partial charge is 0.469 e. The van der Waals surface area contributed by atoms with E-state index in [0.717, 1.165) is 0 Å². The minimum absolute atomic E-state index is 0.136. The fraction of sp³-hybridized carbons (Fsp3) is 0.389. The lowest BCUT2D eigenvalue weighted by atomic mass is 9.96. The van der Waals surface area contributed by atoms with E-state index in [9.17, 15) is 14.4 Å². The highest BCUT2D eigenvalue weighted by molar-refractivity contribution is 6.30. The zero-order valence-electron chi connectivity index (χ0n) is 15.0. The van der Waals surface area contributed by atoms with Crippen molar-refractivity contribution in [2.75, 3.05) is 25.3 Å². The van der Waals surface area contributed by atoms with Crippen LogP contribution in [0.2, 0.25) is 0 Å². The van der Waals surface area contributed by atoms with Crippen LogP contribution in [0.3, 0.4) is 0 Å². The second-order valence-corrected chi connectivity index (χ2v) is 5.53. The lowest BCUT2D eigenvalue weighted by Gasteiger charge is -2.14. The third-order valence-corrected chi connectivity index (χ3v) is 3.75. The highest BCUT2D eigenvalue weighted by Crippen LogP contribution is 2.26. The second-order valence-electron chi connectivity index (χ2n) is 5.53. The van der Waals surface area contributed by atoms with Crippen molar-refractivity contribution in [3.05, 3.63) is 30.3 Å². The average Bonchev–Trinajstić information content (AvgIpc) is 2.96. The first-order valence-electron chi connectivity index (χ1n) is 8.17. The molecule has 1 amide bonds. The highest BCUT2D eigenvalue weighted by Gasteiger charge is 2.39. The standard InChI is InChI=1S/C18H21N3O5/c1-4-26-16(23)11-19-12(2)17-14(10-15(22)25-3)20-21(18(17)24)13-8-6-5-7-9-13/h5-9,17H,4,10-11H2,1-3H3. The zero-order valence-corrected chi connectivity index (χ0v) is 15.0. The van der Waals surface area contributed by atoms with E-state index in [2.05, 4.69) is 14.8 Å². The molecule has 0 bridgehead atoms. The molecule has 138 valence electrons. The molecule has 1 aliphatic heterocycles. The van der Waals surface area contributed by atoms with Crippen molar-refractivity contribution < 1.29 is 23.9 Å². The third kappa shape index (κ3) is 4.53. The summed E-state index contributed by atoms with van der Waals surface area (Å²) in [5.74, 6) is -2.14. The summed E-state index contributed by atoms with van der Waals surface area (Å²) >= 11 is 0. The maximum absolute atomic E-state index is 12.9. The number of nitrogens with zero attached hydrogens (tertiary/aromatic N) is 3. The molecule has 0 aliphatic carbocycles. The number of methoxy groups -OCH3 is 1. The van der Waals surface area contributed by atoms with Crippen molar-refractivity contribution in [2.45, 2.75) is 20.3 Å². The Morgan fingerprint density at radius 1 is 1.23 bits per heavy atom. The molecule has 8 heteroatoms. The average molecular weight is 359 g/mol. The highest BCUT2D eigenvalue weighted by atomic mass is 16.5. The van der Waals surface area contributed by atoms with E-state index in [-0.39, 0.29) is 25.5 Å². The zero-order chi connectivity index (χ0) is 19.1. The molecule has 1 unspecified atom stereocenters. The smallest absolute Gasteiger partial charge is 0.327 e. The van der Waals surface area contributed by atoms with Crippen LogP contribution in [-0.4, -0.2) is 49.5 Å². The molecule has 2 rings (SSSR count). The van der Waals surface area contributed by atoms with Crippen LogP contribution >= 0.6 is 0 Å². The van der Waals surface area contributed by atoms with E-state index in [0.29, 0.717) is 17.1 Å². The van der Waals surface area contributed by atoms with Crippen LogP contribution in [-0.2, 0) is 23.9 Å². The number of anilines is 1. The molecule has 0 fully saturated rings. The van der Waals surface area contributed by atoms with Crippen LogP contribution in [0.1, 0.15) is 20.3 Å². The normalized spacial score (nSPS) is 17.1. The molecule has 26 heavy (non-hydrogen) atoms. The van der Waals surface area contributed by atoms with E-state index in [1.54, 1.807) is 38.1 Å². The fourth-order valence-electron chi connectivity index (χ4n) is 2.52. The summed E-state index contributed by atoms with van der Waals surface area (Å²) in [5.41, 5.74) is 1.31. The predicted octanol–water partition coefficient (Wildman–Crippen LogP) is 1.59. The number of hydrogen-bond donors (Lipinski definition) is 0. The quantitative estimate of drug-likeness (QED) is 0.544. The SMILES string of the molecule is CCOC(=O)CN=C(C)C1C(=O)N(c2ccccc2)N=C1CC(=O)OC. The Kier molecular flexibility index (Phi) is 6.60. The second kappa shape index (κ2) is 8.89. The minimum Gasteiger partial charge on any atom is -0.469 e. The van der Waals surface area contributed by atoms with Gasteiger partial charge in [-0.1, -0.05) is 18.2 Å². The Hall–Kier alpha value is -3.03. The Morgan fingerprint density at radius 3 is 2.54 bits per heavy atom. The van der Waals surface area contributed by atoms with Crippen molar-refractivity contribution in [3.63, 3.8) is 0 Å². The fourth-order valence-corrected chi connectivity index (χ4v) is 2.52. The van der Waals surface area contributed by atoms with Gasteiger partial charge >= 0.3 is 11.9 Å². The number of carbonyl (C=O) groups is 3. The van der Waals surface area contributed by atoms with Crippen molar-refractivity contribution in [1.29, 1.82) is 0 Å². The maximum Gasteiger partial charge on any atom is 0.327 e. The third-order valence-electron chi connectivity index (χ3n) is 3.75. The first kappa shape index (κ1) is 19.3. The number of benzene rings is 1. The number of hydrogen-bond acceptors (Lipinski definition) is 7. The Labute approximate surface area is 151 Å². The van der Waals surface area contributed by atoms with Crippen LogP contribution in [0.4, 0.5) is 5.69 Å². The molecular weight excluding hydrogens is 338 g/mol. The van der Waals surface area contributed by atoms with Gasteiger partial charge in [0.25, 0.3) is 5.91 Å². The van der Waals surface area contributed by atoms with Gasteiger partial charge in [0.05, 0.1) is 31.5 Å². The van der Waals surface area contributed by atoms with E-state index in [1.807, 2.05) is 6.07 Å². The summed E-state index contributed by atoms with van der Waals surface area (Å²) < 4.78 is 9.52. The molecule has 8 nitrogen and oxygen atoms in total. The summed E-state index contributed by atoms with van der Waals surface area (Å²) in [7, 11) is 1.27. The van der Waals surface area contributed by atoms with Gasteiger partial charge in [-0.2, -0.15) is 10.1 Å². The van der Waals surface area contributed by atoms with Crippen LogP contribution in [0.5, 0.6) is 0 Å². The summed E-state index contributed by atoms with van der Waals surface area (Å²) in [5, 5.41) is 5.54. The van der Waals surface area contributed by atoms with Gasteiger partial charge in [-0.05, 0) is 26.0 Å². The maximum atomic E-state index is 12.9. The van der Waals surface area contributed by atoms with Gasteiger partial charge in [-0.25, -0.2) is 0 Å². The molecule has 1 aromatic rings. The number of amides is 1. The molecular formula is C18H21N3O5. The van der Waals surface area contributed by atoms with Crippen molar-refractivity contribution >= 4 is 35.0 Å². The lowest BCUT2D eigenvalue weighted by molar-refractivity contribution is -0.141. The number of esters is 2. The number of carbonyl (C=O) groups excluding carboxylic acids is 3. The number of ether oxygens (including phenoxy) is 2. The molecule has 1 aliphatic rings. The first-order valence-corrected chi connectivity index (χ1v) is 8.17. The molecule has 0 radical (unpaired) electrons. The van der Waals surface area contributed by atoms with Gasteiger partial charge < -0.3 is 9.47 Å². The van der Waals surface area contributed by atoms with Gasteiger partial charge in [0.15, 0.2) is 0 Å². The molecule has 1 aromatic carbocycles. The summed E-state index contributed by atoms with van der Waals surface area (Å²) in [4.78, 5) is 40.2. The summed E-state index contributed by atoms with van der Waals surface area (Å²) in [6.45, 7) is 3.39. The first-order chi connectivity index (χ1) is 12.5. The van der Waals surface area contributed by atoms with Crippen LogP contribution in [0.25, 0.3) is 0 Å². The van der Waals surface area contributed by atoms with Gasteiger partial charge in [0.1, 0.15) is 12.5 Å². The van der Waals surface area contributed by atoms with Crippen molar-refractivity contribution in [2.24, 2.45) is 16.0 Å². The van der Waals surface area contributed by atoms with E-state index < -0.39 is 17.9 Å². The Morgan fingerprint density at radius 2 is 1.92 bits per heavy atom. The van der Waals surface area contributed by atoms with E-state index in [4.69, 9.17) is 4.74 Å². The number of aliphatic imine (C=N–C) groups is 1. The van der Waals surface area contributed by atoms with E-state index >= 15 is 0 Å². The minimum atomic E-state index is -0.816. The molecule has 1 heterocycles. The van der Waals surface area contributed by atoms with Gasteiger partial charge in [0, 0.05) is 5.71 Å². The monoisotopic (exact) mass is 359 g/mol. The molecule has 0 N–H and O–H groups in total. The summed E-state index contributed by atoms with van der Waals surface area (Å²) in [6.07, 6.45) is -0.136. The Balaban J connectivity index is 2.28. The van der Waals surface area contributed by atoms with Crippen LogP contribution < -0.4 is 5.01 Å². The molecule has 0 spiro atoms. The van der Waals surface area contributed by atoms with Gasteiger partial charge in [-0.15, -0.1) is 0 Å². The molecule has 1 atom stereocenters. The summed E-state index contributed by atoms with van der Waals surface area (Å²) in [6, 6.07) is 8.88. The number of rotatable bonds is 7. The number of hydrazone groups is 1. The van der Waals surface area contributed by atoms with Crippen molar-refractivity contribution in [1.82, 2.24) is 0 Å². The molecule has 0 saturated carbocycles. The van der Waals surface area contributed by atoms with Crippen LogP contribution in [0, 0.1) is 5.92 Å². The van der Waals surface area contributed by atoms with Gasteiger partial charge in [-0.3, -0.25) is 19.4 Å². The van der Waals surface area contributed by atoms with Crippen LogP contribution in [0.15, 0.2) is 40.4 Å². The molecule has 0 aromatic heterocycles. The number of para-hydroxylation sites is 1. The van der Waals surface area contributed by atoms with E-state index in [1.165, 1.54) is 12.1 Å². The molecule has 0 saturated heterocycles. The lowest BCUT2D eigenvalue weighted by Crippen LogP contribution is -2.33. The topological polar surface area (TPSA) is 97.6 Å².